The quantitative estimate of drug-likeness (QED) is 0.821. The van der Waals surface area contributed by atoms with Crippen molar-refractivity contribution < 1.29 is 27.9 Å². The summed E-state index contributed by atoms with van der Waals surface area (Å²) in [5.74, 6) is -3.95. The normalized spacial score (nSPS) is 26.4. The standard InChI is InChI=1S/C11H16F3NO3/c1-6(16)15-9(10(17)18)7-3-2-4-8(5-7)11(12,13)14/h7-9H,2-5H2,1H3,(H,15,16)(H,17,18). The number of nitrogens with one attached hydrogen (secondary N) is 1. The molecule has 1 fully saturated rings. The van der Waals surface area contributed by atoms with Gasteiger partial charge in [0.1, 0.15) is 6.04 Å². The van der Waals surface area contributed by atoms with Crippen LogP contribution in [0.3, 0.4) is 0 Å². The van der Waals surface area contributed by atoms with E-state index in [-0.39, 0.29) is 12.8 Å². The molecule has 0 bridgehead atoms. The van der Waals surface area contributed by atoms with Crippen LogP contribution in [0.4, 0.5) is 13.2 Å². The lowest BCUT2D eigenvalue weighted by molar-refractivity contribution is -0.187. The van der Waals surface area contributed by atoms with Crippen molar-refractivity contribution in [2.45, 2.75) is 44.8 Å². The van der Waals surface area contributed by atoms with E-state index in [2.05, 4.69) is 5.32 Å². The summed E-state index contributed by atoms with van der Waals surface area (Å²) in [5, 5.41) is 11.2. The highest BCUT2D eigenvalue weighted by atomic mass is 19.4. The highest BCUT2D eigenvalue weighted by molar-refractivity contribution is 5.82. The van der Waals surface area contributed by atoms with Crippen molar-refractivity contribution in [2.75, 3.05) is 0 Å². The van der Waals surface area contributed by atoms with E-state index >= 15 is 0 Å². The summed E-state index contributed by atoms with van der Waals surface area (Å²) in [6.45, 7) is 1.15. The van der Waals surface area contributed by atoms with Crippen LogP contribution in [0.2, 0.25) is 0 Å². The van der Waals surface area contributed by atoms with Gasteiger partial charge in [-0.25, -0.2) is 4.79 Å². The summed E-state index contributed by atoms with van der Waals surface area (Å²) >= 11 is 0. The Bertz CT molecular complexity index is 330. The summed E-state index contributed by atoms with van der Waals surface area (Å²) in [7, 11) is 0. The van der Waals surface area contributed by atoms with Crippen LogP contribution in [0.15, 0.2) is 0 Å². The first-order valence-electron chi connectivity index (χ1n) is 5.78. The van der Waals surface area contributed by atoms with Gasteiger partial charge in [0.15, 0.2) is 0 Å². The Hall–Kier alpha value is -1.27. The van der Waals surface area contributed by atoms with E-state index in [1.165, 1.54) is 0 Å². The molecule has 3 atom stereocenters. The smallest absolute Gasteiger partial charge is 0.391 e. The predicted octanol–water partition coefficient (Wildman–Crippen LogP) is 1.94. The molecule has 1 aliphatic rings. The number of carboxylic acid groups (broad SMARTS) is 1. The average Bonchev–Trinajstić information content (AvgIpc) is 2.24. The summed E-state index contributed by atoms with van der Waals surface area (Å²) in [6, 6.07) is -1.23. The molecule has 0 spiro atoms. The van der Waals surface area contributed by atoms with Crippen LogP contribution < -0.4 is 5.32 Å². The van der Waals surface area contributed by atoms with Crippen LogP contribution in [0.5, 0.6) is 0 Å². The van der Waals surface area contributed by atoms with Gasteiger partial charge in [-0.1, -0.05) is 6.42 Å². The third kappa shape index (κ3) is 3.89. The number of halogens is 3. The molecule has 0 aliphatic heterocycles. The maximum atomic E-state index is 12.6. The van der Waals surface area contributed by atoms with Gasteiger partial charge in [0.05, 0.1) is 5.92 Å². The van der Waals surface area contributed by atoms with Crippen molar-refractivity contribution in [3.63, 3.8) is 0 Å². The van der Waals surface area contributed by atoms with Gasteiger partial charge in [0.25, 0.3) is 0 Å². The first-order valence-corrected chi connectivity index (χ1v) is 5.78. The number of amides is 1. The minimum absolute atomic E-state index is 0.0341. The summed E-state index contributed by atoms with van der Waals surface area (Å²) in [5.41, 5.74) is 0. The molecule has 18 heavy (non-hydrogen) atoms. The van der Waals surface area contributed by atoms with Crippen molar-refractivity contribution in [1.82, 2.24) is 5.32 Å². The lowest BCUT2D eigenvalue weighted by Crippen LogP contribution is -2.47. The first-order chi connectivity index (χ1) is 8.21. The Kier molecular flexibility index (Phi) is 4.59. The molecule has 0 aromatic heterocycles. The number of carbonyl (C=O) groups excluding carboxylic acids is 1. The van der Waals surface area contributed by atoms with Gasteiger partial charge in [-0.2, -0.15) is 13.2 Å². The van der Waals surface area contributed by atoms with Gasteiger partial charge in [-0.05, 0) is 25.2 Å². The highest BCUT2D eigenvalue weighted by Gasteiger charge is 2.44. The third-order valence-corrected chi connectivity index (χ3v) is 3.27. The maximum Gasteiger partial charge on any atom is 0.391 e. The molecule has 0 aromatic rings. The van der Waals surface area contributed by atoms with Crippen LogP contribution in [0, 0.1) is 11.8 Å². The zero-order chi connectivity index (χ0) is 13.9. The summed E-state index contributed by atoms with van der Waals surface area (Å²) < 4.78 is 37.8. The minimum Gasteiger partial charge on any atom is -0.480 e. The first kappa shape index (κ1) is 14.8. The second kappa shape index (κ2) is 5.58. The summed E-state index contributed by atoms with van der Waals surface area (Å²) in [4.78, 5) is 21.9. The van der Waals surface area contributed by atoms with E-state index in [0.717, 1.165) is 6.92 Å². The van der Waals surface area contributed by atoms with Crippen LogP contribution in [-0.2, 0) is 9.59 Å². The van der Waals surface area contributed by atoms with Crippen LogP contribution in [0.25, 0.3) is 0 Å². The lowest BCUT2D eigenvalue weighted by Gasteiger charge is -2.33. The molecule has 0 heterocycles. The molecule has 1 aliphatic carbocycles. The van der Waals surface area contributed by atoms with E-state index in [9.17, 15) is 22.8 Å². The average molecular weight is 267 g/mol. The van der Waals surface area contributed by atoms with E-state index in [1.807, 2.05) is 0 Å². The van der Waals surface area contributed by atoms with Crippen LogP contribution in [-0.4, -0.2) is 29.2 Å². The van der Waals surface area contributed by atoms with E-state index < -0.39 is 35.9 Å². The fraction of sp³-hybridized carbons (Fsp3) is 0.818. The van der Waals surface area contributed by atoms with Gasteiger partial charge in [0.2, 0.25) is 5.91 Å². The van der Waals surface area contributed by atoms with E-state index in [1.54, 1.807) is 0 Å². The van der Waals surface area contributed by atoms with E-state index in [4.69, 9.17) is 5.11 Å². The molecule has 3 unspecified atom stereocenters. The third-order valence-electron chi connectivity index (χ3n) is 3.27. The van der Waals surface area contributed by atoms with Crippen molar-refractivity contribution in [3.05, 3.63) is 0 Å². The zero-order valence-corrected chi connectivity index (χ0v) is 9.96. The maximum absolute atomic E-state index is 12.6. The minimum atomic E-state index is -4.29. The number of carbonyl (C=O) groups is 2. The molecular weight excluding hydrogens is 251 g/mol. The van der Waals surface area contributed by atoms with Crippen molar-refractivity contribution in [1.29, 1.82) is 0 Å². The highest BCUT2D eigenvalue weighted by Crippen LogP contribution is 2.40. The summed E-state index contributed by atoms with van der Waals surface area (Å²) in [6.07, 6.45) is -3.77. The van der Waals surface area contributed by atoms with Gasteiger partial charge in [0, 0.05) is 6.92 Å². The number of carboxylic acids is 1. The Morgan fingerprint density at radius 2 is 1.94 bits per heavy atom. The number of alkyl halides is 3. The van der Waals surface area contributed by atoms with Crippen LogP contribution in [0.1, 0.15) is 32.6 Å². The zero-order valence-electron chi connectivity index (χ0n) is 9.96. The number of hydrogen-bond donors (Lipinski definition) is 2. The second-order valence-corrected chi connectivity index (χ2v) is 4.68. The molecule has 1 rings (SSSR count). The molecule has 7 heteroatoms. The predicted molar refractivity (Wildman–Crippen MR) is 56.7 cm³/mol. The molecule has 1 amide bonds. The van der Waals surface area contributed by atoms with Crippen molar-refractivity contribution in [3.8, 4) is 0 Å². The number of aliphatic carboxylic acids is 1. The van der Waals surface area contributed by atoms with Crippen LogP contribution >= 0.6 is 0 Å². The molecular formula is C11H16F3NO3. The molecule has 0 radical (unpaired) electrons. The monoisotopic (exact) mass is 267 g/mol. The number of hydrogen-bond acceptors (Lipinski definition) is 2. The SMILES string of the molecule is CC(=O)NC(C(=O)O)C1CCCC(C(F)(F)F)C1. The van der Waals surface area contributed by atoms with E-state index in [0.29, 0.717) is 12.8 Å². The Morgan fingerprint density at radius 1 is 1.33 bits per heavy atom. The molecule has 104 valence electrons. The molecule has 0 aromatic carbocycles. The lowest BCUT2D eigenvalue weighted by atomic mass is 9.77. The molecule has 0 saturated heterocycles. The fourth-order valence-electron chi connectivity index (χ4n) is 2.43. The Morgan fingerprint density at radius 3 is 2.39 bits per heavy atom. The molecule has 1 saturated carbocycles. The van der Waals surface area contributed by atoms with Gasteiger partial charge < -0.3 is 10.4 Å². The Labute approximate surface area is 103 Å². The molecule has 4 nitrogen and oxygen atoms in total. The van der Waals surface area contributed by atoms with Gasteiger partial charge in [-0.15, -0.1) is 0 Å². The van der Waals surface area contributed by atoms with Gasteiger partial charge >= 0.3 is 12.1 Å². The topological polar surface area (TPSA) is 66.4 Å². The number of rotatable bonds is 3. The largest absolute Gasteiger partial charge is 0.480 e. The van der Waals surface area contributed by atoms with Gasteiger partial charge in [-0.3, -0.25) is 4.79 Å². The fourth-order valence-corrected chi connectivity index (χ4v) is 2.43. The van der Waals surface area contributed by atoms with Crippen molar-refractivity contribution in [2.24, 2.45) is 11.8 Å². The van der Waals surface area contributed by atoms with Crippen molar-refractivity contribution >= 4 is 11.9 Å². The second-order valence-electron chi connectivity index (χ2n) is 4.68. The Balaban J connectivity index is 2.74. The molecule has 2 N–H and O–H groups in total.